The second-order valence-electron chi connectivity index (χ2n) is 17.9. The molecule has 4 aromatic rings. The molecule has 0 spiro atoms. The number of nitro groups is 1. The Labute approximate surface area is 394 Å². The SMILES string of the molecule is C=CCO[C@@]12Oc3ccc(Oc4ccc(C)c(C)c4)cc3[C@H]3[C@H](CCCCO)[C@@H](CCCCO)C=C(C(=NOCc4ccc([N+](=O)[O-])cc4)C[C@@H]1N(CCC)C(=O)Cc1cccc(OC)c1)[C@H]32. The van der Waals surface area contributed by atoms with Crippen molar-refractivity contribution in [2.24, 2.45) is 22.9 Å². The van der Waals surface area contributed by atoms with Crippen LogP contribution < -0.4 is 14.2 Å². The van der Waals surface area contributed by atoms with Gasteiger partial charge in [-0.3, -0.25) is 14.9 Å². The highest BCUT2D eigenvalue weighted by atomic mass is 16.7. The van der Waals surface area contributed by atoms with E-state index in [1.165, 1.54) is 17.7 Å². The molecule has 0 bridgehead atoms. The number of oxime groups is 1. The van der Waals surface area contributed by atoms with Gasteiger partial charge in [-0.1, -0.05) is 55.3 Å². The topological polar surface area (TPSA) is 162 Å². The van der Waals surface area contributed by atoms with E-state index >= 15 is 4.79 Å². The van der Waals surface area contributed by atoms with Crippen LogP contribution in [0.5, 0.6) is 23.0 Å². The fraction of sp³-hybridized carbons (Fsp3) is 0.444. The average molecular weight is 916 g/mol. The number of nitro benzene ring substituents is 1. The third kappa shape index (κ3) is 11.1. The number of aryl methyl sites for hydroxylation is 2. The number of fused-ring (bicyclic) bond motifs is 2. The van der Waals surface area contributed by atoms with Crippen molar-refractivity contribution in [3.8, 4) is 23.0 Å². The number of aliphatic hydroxyl groups excluding tert-OH is 2. The molecule has 67 heavy (non-hydrogen) atoms. The van der Waals surface area contributed by atoms with Crippen LogP contribution in [0.2, 0.25) is 0 Å². The van der Waals surface area contributed by atoms with Crippen molar-refractivity contribution in [3.63, 3.8) is 0 Å². The highest BCUT2D eigenvalue weighted by molar-refractivity contribution is 6.03. The summed E-state index contributed by atoms with van der Waals surface area (Å²) in [6, 6.07) is 25.1. The number of non-ortho nitro benzene ring substituents is 1. The van der Waals surface area contributed by atoms with E-state index in [-0.39, 0.29) is 68.6 Å². The Morgan fingerprint density at radius 3 is 2.39 bits per heavy atom. The molecule has 6 atom stereocenters. The van der Waals surface area contributed by atoms with Gasteiger partial charge in [-0.25, -0.2) is 0 Å². The van der Waals surface area contributed by atoms with Crippen molar-refractivity contribution in [2.45, 2.75) is 103 Å². The highest BCUT2D eigenvalue weighted by Crippen LogP contribution is 2.62. The van der Waals surface area contributed by atoms with E-state index in [1.807, 2.05) is 66.4 Å². The zero-order chi connectivity index (χ0) is 47.5. The first kappa shape index (κ1) is 48.9. The number of carbonyl (C=O) groups is 1. The van der Waals surface area contributed by atoms with Crippen LogP contribution in [0.3, 0.4) is 0 Å². The number of methoxy groups -OCH3 is 1. The van der Waals surface area contributed by atoms with Crippen molar-refractivity contribution in [1.82, 2.24) is 4.90 Å². The zero-order valence-electron chi connectivity index (χ0n) is 39.2. The van der Waals surface area contributed by atoms with Crippen LogP contribution in [0.4, 0.5) is 5.69 Å². The summed E-state index contributed by atoms with van der Waals surface area (Å²) in [6.07, 6.45) is 9.48. The summed E-state index contributed by atoms with van der Waals surface area (Å²) in [6.45, 7) is 11.0. The number of nitrogens with zero attached hydrogens (tertiary/aromatic N) is 3. The summed E-state index contributed by atoms with van der Waals surface area (Å²) in [4.78, 5) is 34.1. The van der Waals surface area contributed by atoms with Gasteiger partial charge >= 0.3 is 0 Å². The third-order valence-electron chi connectivity index (χ3n) is 13.6. The minimum Gasteiger partial charge on any atom is -0.497 e. The molecule has 0 saturated heterocycles. The Kier molecular flexibility index (Phi) is 16.5. The second-order valence-corrected chi connectivity index (χ2v) is 17.9. The lowest BCUT2D eigenvalue weighted by Gasteiger charge is -2.60. The first-order valence-corrected chi connectivity index (χ1v) is 23.6. The zero-order valence-corrected chi connectivity index (χ0v) is 39.2. The van der Waals surface area contributed by atoms with Crippen LogP contribution >= 0.6 is 0 Å². The van der Waals surface area contributed by atoms with Gasteiger partial charge in [0, 0.05) is 49.8 Å². The molecule has 13 nitrogen and oxygen atoms in total. The number of hydrogen-bond acceptors (Lipinski definition) is 11. The first-order chi connectivity index (χ1) is 32.5. The predicted molar refractivity (Wildman–Crippen MR) is 258 cm³/mol. The quantitative estimate of drug-likeness (QED) is 0.0317. The number of rotatable bonds is 23. The number of ether oxygens (including phenoxy) is 4. The third-order valence-corrected chi connectivity index (χ3v) is 13.6. The van der Waals surface area contributed by atoms with E-state index in [0.717, 1.165) is 53.7 Å². The van der Waals surface area contributed by atoms with Crippen molar-refractivity contribution in [1.29, 1.82) is 0 Å². The lowest BCUT2D eigenvalue weighted by Crippen LogP contribution is -2.70. The summed E-state index contributed by atoms with van der Waals surface area (Å²) in [5.41, 5.74) is 6.30. The maximum absolute atomic E-state index is 15.0. The number of allylic oxidation sites excluding steroid dienone is 1. The van der Waals surface area contributed by atoms with Crippen molar-refractivity contribution in [3.05, 3.63) is 147 Å². The van der Waals surface area contributed by atoms with Gasteiger partial charge in [0.2, 0.25) is 11.7 Å². The Bertz CT molecular complexity index is 2420. The average Bonchev–Trinajstić information content (AvgIpc) is 3.33. The molecule has 0 unspecified atom stereocenters. The van der Waals surface area contributed by atoms with Gasteiger partial charge in [-0.2, -0.15) is 0 Å². The molecule has 3 aliphatic rings. The molecule has 1 heterocycles. The molecule has 1 saturated carbocycles. The predicted octanol–water partition coefficient (Wildman–Crippen LogP) is 10.3. The monoisotopic (exact) mass is 915 g/mol. The Balaban J connectivity index is 1.42. The minimum absolute atomic E-state index is 0.0185. The number of benzene rings is 4. The van der Waals surface area contributed by atoms with Gasteiger partial charge in [0.05, 0.1) is 36.7 Å². The van der Waals surface area contributed by atoms with Crippen molar-refractivity contribution in [2.75, 3.05) is 33.5 Å². The fourth-order valence-corrected chi connectivity index (χ4v) is 10.3. The normalized spacial score (nSPS) is 22.1. The molecule has 0 aromatic heterocycles. The molecule has 1 fully saturated rings. The first-order valence-electron chi connectivity index (χ1n) is 23.6. The molecular formula is C54H65N3O10. The van der Waals surface area contributed by atoms with Crippen LogP contribution in [0, 0.1) is 41.7 Å². The van der Waals surface area contributed by atoms with Crippen LogP contribution in [-0.2, 0) is 27.4 Å². The van der Waals surface area contributed by atoms with E-state index in [1.54, 1.807) is 25.3 Å². The lowest BCUT2D eigenvalue weighted by molar-refractivity contribution is -0.384. The molecular weight excluding hydrogens is 851 g/mol. The number of unbranched alkanes of at least 4 members (excludes halogenated alkanes) is 2. The molecule has 1 aliphatic heterocycles. The van der Waals surface area contributed by atoms with E-state index in [0.29, 0.717) is 54.3 Å². The smallest absolute Gasteiger partial charge is 0.269 e. The summed E-state index contributed by atoms with van der Waals surface area (Å²) >= 11 is 0. The molecule has 7 rings (SSSR count). The molecule has 1 amide bonds. The van der Waals surface area contributed by atoms with Gasteiger partial charge in [-0.05, 0) is 140 Å². The van der Waals surface area contributed by atoms with E-state index in [4.69, 9.17) is 28.9 Å². The minimum atomic E-state index is -1.42. The number of amides is 1. The van der Waals surface area contributed by atoms with E-state index in [2.05, 4.69) is 32.6 Å². The molecule has 4 aromatic carbocycles. The molecule has 2 aliphatic carbocycles. The summed E-state index contributed by atoms with van der Waals surface area (Å²) in [5, 5.41) is 36.4. The van der Waals surface area contributed by atoms with Crippen LogP contribution in [0.15, 0.2) is 114 Å². The highest BCUT2D eigenvalue weighted by Gasteiger charge is 2.65. The molecule has 2 N–H and O–H groups in total. The molecule has 0 radical (unpaired) electrons. The Morgan fingerprint density at radius 1 is 0.940 bits per heavy atom. The van der Waals surface area contributed by atoms with Gasteiger partial charge in [0.25, 0.3) is 5.69 Å². The summed E-state index contributed by atoms with van der Waals surface area (Å²) < 4.78 is 26.7. The standard InChI is InChI=1S/C54H65N3O10/c1-6-25-56(51(60)31-39-13-12-15-42(30-39)63-5)50-34-48(55-65-35-38-18-20-41(21-19-38)57(61)62)46-32-40(14-8-10-26-58)45(16-9-11-27-59)52-47-33-44(66-43-22-17-36(3)37(4)29-43)23-24-49(47)67-54(50,53(46)52)64-28-7-2/h7,12-13,15,17-24,29-30,32-33,40,45,50,52-53,58-59H,2,6,8-11,14,16,25-28,31,34-35H2,1,3-5H3/t40-,45+,50-,52+,53+,54+/m0/s1. The van der Waals surface area contributed by atoms with Crippen molar-refractivity contribution >= 4 is 17.3 Å². The van der Waals surface area contributed by atoms with E-state index < -0.39 is 22.7 Å². The molecule has 356 valence electrons. The van der Waals surface area contributed by atoms with Crippen LogP contribution in [0.25, 0.3) is 0 Å². The number of hydrogen-bond donors (Lipinski definition) is 2. The summed E-state index contributed by atoms with van der Waals surface area (Å²) in [7, 11) is 1.61. The van der Waals surface area contributed by atoms with Crippen LogP contribution in [-0.4, -0.2) is 77.0 Å². The maximum Gasteiger partial charge on any atom is 0.269 e. The van der Waals surface area contributed by atoms with Gasteiger partial charge in [0.1, 0.15) is 35.6 Å². The number of aliphatic hydroxyl groups is 2. The molecule has 13 heteroatoms. The van der Waals surface area contributed by atoms with Crippen LogP contribution in [0.1, 0.15) is 92.0 Å². The second kappa shape index (κ2) is 22.6. The Hall–Kier alpha value is -6.02. The van der Waals surface area contributed by atoms with Gasteiger partial charge < -0.3 is 38.9 Å². The van der Waals surface area contributed by atoms with Gasteiger partial charge in [-0.15, -0.1) is 6.58 Å². The van der Waals surface area contributed by atoms with Crippen molar-refractivity contribution < 1.29 is 43.7 Å². The summed E-state index contributed by atoms with van der Waals surface area (Å²) in [5.74, 6) is 0.447. The largest absolute Gasteiger partial charge is 0.497 e. The Morgan fingerprint density at radius 2 is 1.69 bits per heavy atom. The lowest BCUT2D eigenvalue weighted by atomic mass is 9.55. The van der Waals surface area contributed by atoms with Gasteiger partial charge in [0.15, 0.2) is 0 Å². The fourth-order valence-electron chi connectivity index (χ4n) is 10.3. The van der Waals surface area contributed by atoms with E-state index in [9.17, 15) is 20.3 Å². The number of carbonyl (C=O) groups excluding carboxylic acids is 1. The maximum atomic E-state index is 15.0.